The first-order valence-corrected chi connectivity index (χ1v) is 10.0. The maximum absolute atomic E-state index is 9.75. The molecule has 0 unspecified atom stereocenters. The molecule has 1 fully saturated rings. The number of para-hydroxylation sites is 1. The third-order valence-corrected chi connectivity index (χ3v) is 5.02. The summed E-state index contributed by atoms with van der Waals surface area (Å²) in [4.78, 5) is 0. The van der Waals surface area contributed by atoms with Gasteiger partial charge in [0.15, 0.2) is 11.5 Å². The molecule has 4 nitrogen and oxygen atoms in total. The van der Waals surface area contributed by atoms with Crippen LogP contribution in [0, 0.1) is 0 Å². The Kier molecular flexibility index (Phi) is 7.25. The molecule has 2 aromatic carbocycles. The van der Waals surface area contributed by atoms with E-state index in [1.807, 2.05) is 30.3 Å². The van der Waals surface area contributed by atoms with Crippen molar-refractivity contribution in [3.05, 3.63) is 53.9 Å². The number of methoxy groups -OCH3 is 2. The van der Waals surface area contributed by atoms with Gasteiger partial charge in [-0.05, 0) is 36.8 Å². The zero-order valence-electron chi connectivity index (χ0n) is 17.4. The summed E-state index contributed by atoms with van der Waals surface area (Å²) in [6.45, 7) is 2.19. The highest BCUT2D eigenvalue weighted by molar-refractivity contribution is 6.50. The summed E-state index contributed by atoms with van der Waals surface area (Å²) in [6, 6.07) is 16.3. The number of piperidine rings is 1. The van der Waals surface area contributed by atoms with E-state index in [2.05, 4.69) is 22.8 Å². The predicted molar refractivity (Wildman–Crippen MR) is 114 cm³/mol. The van der Waals surface area contributed by atoms with E-state index in [9.17, 15) is 17.3 Å². The minimum Gasteiger partial charge on any atom is -0.493 e. The summed E-state index contributed by atoms with van der Waals surface area (Å²) >= 11 is 0. The molecule has 0 radical (unpaired) electrons. The van der Waals surface area contributed by atoms with Gasteiger partial charge in [-0.3, -0.25) is 0 Å². The van der Waals surface area contributed by atoms with Crippen LogP contribution < -0.4 is 19.4 Å². The molecule has 9 heteroatoms. The van der Waals surface area contributed by atoms with E-state index in [4.69, 9.17) is 13.9 Å². The summed E-state index contributed by atoms with van der Waals surface area (Å²) in [7, 11) is -2.70. The number of halogens is 4. The van der Waals surface area contributed by atoms with Crippen LogP contribution in [0.5, 0.6) is 11.5 Å². The third-order valence-electron chi connectivity index (χ3n) is 5.02. The van der Waals surface area contributed by atoms with Crippen LogP contribution in [0.25, 0.3) is 22.3 Å². The number of rotatable bonds is 3. The van der Waals surface area contributed by atoms with Crippen molar-refractivity contribution in [2.24, 2.45) is 0 Å². The van der Waals surface area contributed by atoms with E-state index in [-0.39, 0.29) is 0 Å². The van der Waals surface area contributed by atoms with Gasteiger partial charge in [0.05, 0.1) is 25.7 Å². The van der Waals surface area contributed by atoms with E-state index in [0.29, 0.717) is 11.5 Å². The van der Waals surface area contributed by atoms with Crippen LogP contribution in [0.1, 0.15) is 19.3 Å². The molecule has 4 rings (SSSR count). The molecule has 166 valence electrons. The first-order chi connectivity index (χ1) is 14.8. The Balaban J connectivity index is 0.000000491. The maximum Gasteiger partial charge on any atom is 0.673 e. The lowest BCUT2D eigenvalue weighted by molar-refractivity contribution is 0.355. The van der Waals surface area contributed by atoms with Crippen molar-refractivity contribution < 1.29 is 31.2 Å². The summed E-state index contributed by atoms with van der Waals surface area (Å²) in [6.07, 6.45) is 3.80. The number of hydrogen-bond donors (Lipinski definition) is 0. The lowest BCUT2D eigenvalue weighted by Gasteiger charge is -2.12. The second-order valence-electron chi connectivity index (χ2n) is 7.10. The van der Waals surface area contributed by atoms with Gasteiger partial charge in [-0.25, -0.2) is 4.58 Å². The fourth-order valence-corrected chi connectivity index (χ4v) is 3.65. The Bertz CT molecular complexity index is 1100. The first-order valence-electron chi connectivity index (χ1n) is 10.0. The first kappa shape index (κ1) is 22.7. The van der Waals surface area contributed by atoms with Crippen molar-refractivity contribution >= 4 is 18.2 Å². The molecule has 1 aromatic heterocycles. The smallest absolute Gasteiger partial charge is 0.493 e. The summed E-state index contributed by atoms with van der Waals surface area (Å²) in [5.74, 6) is 2.26. The summed E-state index contributed by atoms with van der Waals surface area (Å²) in [5, 5.41) is 2.41. The second-order valence-corrected chi connectivity index (χ2v) is 7.10. The van der Waals surface area contributed by atoms with E-state index < -0.39 is 7.25 Å². The average molecular weight is 437 g/mol. The lowest BCUT2D eigenvalue weighted by Crippen LogP contribution is -2.35. The van der Waals surface area contributed by atoms with Crippen molar-refractivity contribution in [1.82, 2.24) is 4.58 Å². The highest BCUT2D eigenvalue weighted by Crippen LogP contribution is 2.32. The quantitative estimate of drug-likeness (QED) is 0.314. The average Bonchev–Trinajstić information content (AvgIpc) is 2.77. The fourth-order valence-electron chi connectivity index (χ4n) is 3.65. The molecule has 0 aliphatic carbocycles. The Labute approximate surface area is 177 Å². The zero-order chi connectivity index (χ0) is 22.4. The molecule has 0 spiro atoms. The Morgan fingerprint density at radius 1 is 0.839 bits per heavy atom. The predicted octanol–water partition coefficient (Wildman–Crippen LogP) is 5.37. The number of benzene rings is 2. The van der Waals surface area contributed by atoms with Crippen LogP contribution in [0.2, 0.25) is 0 Å². The van der Waals surface area contributed by atoms with Crippen molar-refractivity contribution in [1.29, 1.82) is 0 Å². The largest absolute Gasteiger partial charge is 0.673 e. The molecular weight excluding hydrogens is 413 g/mol. The molecule has 0 atom stereocenters. The molecule has 1 saturated heterocycles. The van der Waals surface area contributed by atoms with E-state index >= 15 is 0 Å². The van der Waals surface area contributed by atoms with Gasteiger partial charge in [-0.2, -0.15) is 0 Å². The number of ether oxygens (including phenoxy) is 2. The molecule has 0 amide bonds. The minimum atomic E-state index is -6.00. The Morgan fingerprint density at radius 2 is 1.48 bits per heavy atom. The fraction of sp³-hybridized carbons (Fsp3) is 0.318. The molecule has 0 N–H and O–H groups in total. The second kappa shape index (κ2) is 9.89. The van der Waals surface area contributed by atoms with Crippen LogP contribution in [0.4, 0.5) is 17.3 Å². The van der Waals surface area contributed by atoms with Gasteiger partial charge in [0.25, 0.3) is 0 Å². The van der Waals surface area contributed by atoms with E-state index in [1.54, 1.807) is 14.2 Å². The third kappa shape index (κ3) is 6.02. The van der Waals surface area contributed by atoms with Gasteiger partial charge in [-0.1, -0.05) is 12.1 Å². The monoisotopic (exact) mass is 437 g/mol. The van der Waals surface area contributed by atoms with Gasteiger partial charge in [-0.15, -0.1) is 0 Å². The van der Waals surface area contributed by atoms with Crippen LogP contribution in [-0.4, -0.2) is 34.6 Å². The van der Waals surface area contributed by atoms with Crippen LogP contribution in [0.15, 0.2) is 52.9 Å². The Morgan fingerprint density at radius 3 is 2.13 bits per heavy atom. The number of fused-ring (bicyclic) bond motifs is 1. The highest BCUT2D eigenvalue weighted by Gasteiger charge is 2.20. The molecule has 1 aliphatic heterocycles. The highest BCUT2D eigenvalue weighted by atomic mass is 19.5. The summed E-state index contributed by atoms with van der Waals surface area (Å²) in [5.41, 5.74) is 1.88. The van der Waals surface area contributed by atoms with Crippen molar-refractivity contribution in [2.45, 2.75) is 19.3 Å². The van der Waals surface area contributed by atoms with Crippen LogP contribution in [0.3, 0.4) is 0 Å². The van der Waals surface area contributed by atoms with Gasteiger partial charge in [0.2, 0.25) is 5.36 Å². The van der Waals surface area contributed by atoms with Crippen molar-refractivity contribution in [2.75, 3.05) is 27.3 Å². The normalized spacial score (nSPS) is 14.1. The SMILES string of the molecule is COc1ccc(-c2cc(=[N+]3CCCCC3)c3ccccc3o2)cc1OC.F[B-](F)(F)F. The standard InChI is InChI=1S/C22H24NO3.BF4/c1-24-20-11-10-16(14-22(20)25-2)21-15-18(23-12-6-3-7-13-23)17-8-4-5-9-19(17)26-21;2-1(3,4)5/h4-5,8-11,14-15H,3,6-7,12-13H2,1-2H3;/q+1;-1. The molecular formula is C22H24BF4NO3. The van der Waals surface area contributed by atoms with E-state index in [0.717, 1.165) is 30.0 Å². The van der Waals surface area contributed by atoms with Gasteiger partial charge >= 0.3 is 7.25 Å². The molecule has 31 heavy (non-hydrogen) atoms. The van der Waals surface area contributed by atoms with Gasteiger partial charge in [0, 0.05) is 18.4 Å². The topological polar surface area (TPSA) is 34.6 Å². The number of nitrogens with zero attached hydrogens (tertiary/aromatic N) is 1. The number of hydrogen-bond acceptors (Lipinski definition) is 3. The Hall–Kier alpha value is -2.97. The summed E-state index contributed by atoms with van der Waals surface area (Å²) < 4.78 is 58.5. The maximum atomic E-state index is 9.75. The molecule has 1 aliphatic rings. The zero-order valence-corrected chi connectivity index (χ0v) is 17.4. The van der Waals surface area contributed by atoms with E-state index in [1.165, 1.54) is 30.0 Å². The van der Waals surface area contributed by atoms with Gasteiger partial charge in [0.1, 0.15) is 24.4 Å². The molecule has 2 heterocycles. The van der Waals surface area contributed by atoms with Gasteiger partial charge < -0.3 is 31.2 Å². The van der Waals surface area contributed by atoms with Crippen LogP contribution in [-0.2, 0) is 0 Å². The molecule has 0 saturated carbocycles. The van der Waals surface area contributed by atoms with Crippen molar-refractivity contribution in [3.63, 3.8) is 0 Å². The minimum absolute atomic E-state index is 0.702. The lowest BCUT2D eigenvalue weighted by atomic mass is 10.1. The van der Waals surface area contributed by atoms with Crippen LogP contribution >= 0.6 is 0 Å². The van der Waals surface area contributed by atoms with Crippen molar-refractivity contribution in [3.8, 4) is 22.8 Å². The molecule has 0 bridgehead atoms. The molecule has 3 aromatic rings.